The summed E-state index contributed by atoms with van der Waals surface area (Å²) in [6.45, 7) is 5.25. The van der Waals surface area contributed by atoms with E-state index in [0.717, 1.165) is 30.6 Å². The van der Waals surface area contributed by atoms with Crippen LogP contribution in [0.5, 0.6) is 5.75 Å². The van der Waals surface area contributed by atoms with Gasteiger partial charge in [0.05, 0.1) is 0 Å². The van der Waals surface area contributed by atoms with E-state index in [1.165, 1.54) is 12.1 Å². The number of allylic oxidation sites excluding steroid dienone is 3. The van der Waals surface area contributed by atoms with Gasteiger partial charge in [-0.15, -0.1) is 0 Å². The van der Waals surface area contributed by atoms with Gasteiger partial charge in [-0.2, -0.15) is 0 Å². The third kappa shape index (κ3) is 3.37. The van der Waals surface area contributed by atoms with Gasteiger partial charge >= 0.3 is 0 Å². The van der Waals surface area contributed by atoms with Crippen molar-refractivity contribution in [2.45, 2.75) is 32.7 Å². The van der Waals surface area contributed by atoms with Crippen LogP contribution in [0.3, 0.4) is 0 Å². The van der Waals surface area contributed by atoms with Gasteiger partial charge in [-0.3, -0.25) is 0 Å². The Morgan fingerprint density at radius 1 is 1.47 bits per heavy atom. The van der Waals surface area contributed by atoms with Crippen LogP contribution < -0.4 is 0 Å². The molecule has 0 aliphatic carbocycles. The van der Waals surface area contributed by atoms with Crippen molar-refractivity contribution in [1.29, 1.82) is 0 Å². The van der Waals surface area contributed by atoms with Crippen LogP contribution >= 0.6 is 0 Å². The summed E-state index contributed by atoms with van der Waals surface area (Å²) in [4.78, 5) is 2.23. The fourth-order valence-corrected chi connectivity index (χ4v) is 2.08. The van der Waals surface area contributed by atoms with Crippen LogP contribution in [-0.2, 0) is 0 Å². The summed E-state index contributed by atoms with van der Waals surface area (Å²) in [6, 6.07) is 5.08. The molecular formula is C16H20FNO. The number of benzene rings is 1. The third-order valence-corrected chi connectivity index (χ3v) is 3.26. The molecule has 3 heteroatoms. The van der Waals surface area contributed by atoms with Crippen LogP contribution in [0, 0.1) is 5.82 Å². The van der Waals surface area contributed by atoms with Gasteiger partial charge < -0.3 is 10.0 Å². The van der Waals surface area contributed by atoms with Gasteiger partial charge in [-0.1, -0.05) is 25.2 Å². The van der Waals surface area contributed by atoms with Crippen molar-refractivity contribution in [3.05, 3.63) is 47.8 Å². The lowest BCUT2D eigenvalue weighted by Crippen LogP contribution is -2.00. The Morgan fingerprint density at radius 3 is 2.79 bits per heavy atom. The smallest absolute Gasteiger partial charge is 0.165 e. The van der Waals surface area contributed by atoms with Gasteiger partial charge in [-0.05, 0) is 38.0 Å². The maximum absolute atomic E-state index is 13.5. The summed E-state index contributed by atoms with van der Waals surface area (Å²) in [5.41, 5.74) is 1.87. The predicted molar refractivity (Wildman–Crippen MR) is 76.3 cm³/mol. The molecule has 0 amide bonds. The fraction of sp³-hybridized carbons (Fsp3) is 0.375. The average Bonchev–Trinajstić information content (AvgIpc) is 3.10. The van der Waals surface area contributed by atoms with Crippen molar-refractivity contribution in [2.75, 3.05) is 6.54 Å². The molecule has 0 saturated carbocycles. The molecule has 19 heavy (non-hydrogen) atoms. The number of nitrogens with zero attached hydrogens (tertiary/aromatic N) is 1. The van der Waals surface area contributed by atoms with Crippen LogP contribution in [0.4, 0.5) is 4.39 Å². The van der Waals surface area contributed by atoms with Gasteiger partial charge in [0.1, 0.15) is 0 Å². The molecule has 1 aliphatic rings. The summed E-state index contributed by atoms with van der Waals surface area (Å²) >= 11 is 0. The Labute approximate surface area is 113 Å². The summed E-state index contributed by atoms with van der Waals surface area (Å²) in [7, 11) is 0. The van der Waals surface area contributed by atoms with E-state index in [2.05, 4.69) is 37.0 Å². The van der Waals surface area contributed by atoms with E-state index in [0.29, 0.717) is 6.04 Å². The topological polar surface area (TPSA) is 23.2 Å². The largest absolute Gasteiger partial charge is 0.505 e. The maximum atomic E-state index is 13.5. The lowest BCUT2D eigenvalue weighted by atomic mass is 10.1. The summed E-state index contributed by atoms with van der Waals surface area (Å²) in [5, 5.41) is 9.26. The minimum atomic E-state index is -0.568. The SMILES string of the molecule is CCC=CCC=C(c1ccc(O)c(F)c1)N1CC1C. The Morgan fingerprint density at radius 2 is 2.21 bits per heavy atom. The second-order valence-electron chi connectivity index (χ2n) is 4.87. The number of hydrogen-bond donors (Lipinski definition) is 1. The lowest BCUT2D eigenvalue weighted by Gasteiger charge is -2.11. The fourth-order valence-electron chi connectivity index (χ4n) is 2.08. The molecule has 1 aromatic rings. The van der Waals surface area contributed by atoms with E-state index in [1.54, 1.807) is 6.07 Å². The molecule has 1 unspecified atom stereocenters. The summed E-state index contributed by atoms with van der Waals surface area (Å²) in [6.07, 6.45) is 8.22. The molecule has 1 fully saturated rings. The minimum Gasteiger partial charge on any atom is -0.505 e. The summed E-state index contributed by atoms with van der Waals surface area (Å²) < 4.78 is 13.5. The minimum absolute atomic E-state index is 0.298. The third-order valence-electron chi connectivity index (χ3n) is 3.26. The molecule has 0 radical (unpaired) electrons. The van der Waals surface area contributed by atoms with E-state index >= 15 is 0 Å². The molecule has 1 heterocycles. The predicted octanol–water partition coefficient (Wildman–Crippen LogP) is 3.93. The van der Waals surface area contributed by atoms with Crippen LogP contribution in [-0.4, -0.2) is 22.6 Å². The number of hydrogen-bond acceptors (Lipinski definition) is 2. The van der Waals surface area contributed by atoms with E-state index in [-0.39, 0.29) is 5.75 Å². The summed E-state index contributed by atoms with van der Waals surface area (Å²) in [5.74, 6) is -0.866. The standard InChI is InChI=1S/C16H20FNO/c1-3-4-5-6-7-15(18-11-12(18)2)13-8-9-16(19)14(17)10-13/h4-5,7-10,12,19H,3,6,11H2,1-2H3. The maximum Gasteiger partial charge on any atom is 0.165 e. The Kier molecular flexibility index (Phi) is 4.25. The highest BCUT2D eigenvalue weighted by molar-refractivity contribution is 5.67. The normalized spacial score (nSPS) is 19.2. The number of phenolic OH excluding ortho intramolecular Hbond substituents is 1. The molecule has 1 aliphatic heterocycles. The van der Waals surface area contributed by atoms with E-state index < -0.39 is 5.82 Å². The monoisotopic (exact) mass is 261 g/mol. The first-order valence-electron chi connectivity index (χ1n) is 6.74. The number of halogens is 1. The van der Waals surface area contributed by atoms with Gasteiger partial charge in [-0.25, -0.2) is 4.39 Å². The van der Waals surface area contributed by atoms with Crippen LogP contribution in [0.2, 0.25) is 0 Å². The van der Waals surface area contributed by atoms with Crippen molar-refractivity contribution >= 4 is 5.70 Å². The first kappa shape index (κ1) is 13.7. The van der Waals surface area contributed by atoms with Gasteiger partial charge in [0.2, 0.25) is 0 Å². The van der Waals surface area contributed by atoms with Crippen molar-refractivity contribution in [3.8, 4) is 5.75 Å². The molecule has 2 nitrogen and oxygen atoms in total. The molecule has 1 atom stereocenters. The second-order valence-corrected chi connectivity index (χ2v) is 4.87. The highest BCUT2D eigenvalue weighted by Crippen LogP contribution is 2.32. The molecule has 0 aromatic heterocycles. The molecule has 1 saturated heterocycles. The molecular weight excluding hydrogens is 241 g/mol. The van der Waals surface area contributed by atoms with Crippen LogP contribution in [0.15, 0.2) is 36.4 Å². The quantitative estimate of drug-likeness (QED) is 0.641. The van der Waals surface area contributed by atoms with E-state index in [4.69, 9.17) is 0 Å². The van der Waals surface area contributed by atoms with Crippen molar-refractivity contribution in [2.24, 2.45) is 0 Å². The van der Waals surface area contributed by atoms with E-state index in [9.17, 15) is 9.50 Å². The van der Waals surface area contributed by atoms with Crippen molar-refractivity contribution < 1.29 is 9.50 Å². The van der Waals surface area contributed by atoms with Gasteiger partial charge in [0.15, 0.2) is 11.6 Å². The average molecular weight is 261 g/mol. The number of phenols is 1. The Hall–Kier alpha value is -1.77. The first-order valence-corrected chi connectivity index (χ1v) is 6.74. The highest BCUT2D eigenvalue weighted by atomic mass is 19.1. The molecule has 102 valence electrons. The van der Waals surface area contributed by atoms with E-state index in [1.807, 2.05) is 0 Å². The zero-order valence-electron chi connectivity index (χ0n) is 11.4. The van der Waals surface area contributed by atoms with Crippen LogP contribution in [0.25, 0.3) is 5.70 Å². The molecule has 0 spiro atoms. The Balaban J connectivity index is 2.22. The molecule has 1 N–H and O–H groups in total. The van der Waals surface area contributed by atoms with Gasteiger partial charge in [0.25, 0.3) is 0 Å². The van der Waals surface area contributed by atoms with Crippen molar-refractivity contribution in [3.63, 3.8) is 0 Å². The number of rotatable bonds is 5. The zero-order valence-corrected chi connectivity index (χ0v) is 11.4. The Bertz CT molecular complexity index is 507. The second kappa shape index (κ2) is 5.91. The number of aromatic hydroxyl groups is 1. The molecule has 2 rings (SSSR count). The van der Waals surface area contributed by atoms with Crippen LogP contribution in [0.1, 0.15) is 32.3 Å². The first-order chi connectivity index (χ1) is 9.13. The lowest BCUT2D eigenvalue weighted by molar-refractivity contribution is 0.432. The molecule has 1 aromatic carbocycles. The van der Waals surface area contributed by atoms with Gasteiger partial charge in [0, 0.05) is 23.8 Å². The zero-order chi connectivity index (χ0) is 13.8. The van der Waals surface area contributed by atoms with Crippen molar-refractivity contribution in [1.82, 2.24) is 4.90 Å². The molecule has 0 bridgehead atoms. The highest BCUT2D eigenvalue weighted by Gasteiger charge is 2.31.